The Labute approximate surface area is 84.9 Å². The van der Waals surface area contributed by atoms with Gasteiger partial charge in [-0.1, -0.05) is 0 Å². The molecule has 0 aliphatic heterocycles. The second kappa shape index (κ2) is 4.33. The van der Waals surface area contributed by atoms with E-state index < -0.39 is 6.10 Å². The zero-order valence-corrected chi connectivity index (χ0v) is 8.96. The molecule has 0 spiro atoms. The molecule has 0 saturated carbocycles. The van der Waals surface area contributed by atoms with Gasteiger partial charge < -0.3 is 16.2 Å². The normalized spacial score (nSPS) is 12.6. The van der Waals surface area contributed by atoms with Crippen molar-refractivity contribution in [3.8, 4) is 0 Å². The zero-order valence-electron chi connectivity index (χ0n) is 8.96. The van der Waals surface area contributed by atoms with E-state index >= 15 is 0 Å². The van der Waals surface area contributed by atoms with E-state index in [0.29, 0.717) is 0 Å². The summed E-state index contributed by atoms with van der Waals surface area (Å²) in [5, 5.41) is 12.9. The highest BCUT2D eigenvalue weighted by Crippen LogP contribution is 2.29. The van der Waals surface area contributed by atoms with E-state index in [1.165, 1.54) is 0 Å². The van der Waals surface area contributed by atoms with Gasteiger partial charge in [0.1, 0.15) is 0 Å². The molecule has 1 atom stereocenters. The number of hydrogen-bond acceptors (Lipinski definition) is 3. The van der Waals surface area contributed by atoms with Crippen LogP contribution in [0.2, 0.25) is 0 Å². The monoisotopic (exact) mass is 194 g/mol. The Kier molecular flexibility index (Phi) is 3.36. The minimum atomic E-state index is -0.493. The maximum atomic E-state index is 9.64. The number of aliphatic hydroxyl groups is 1. The van der Waals surface area contributed by atoms with Gasteiger partial charge in [0.2, 0.25) is 0 Å². The lowest BCUT2D eigenvalue weighted by Gasteiger charge is -2.17. The fourth-order valence-electron chi connectivity index (χ4n) is 1.63. The maximum absolute atomic E-state index is 9.64. The molecule has 1 aromatic rings. The lowest BCUT2D eigenvalue weighted by atomic mass is 10.0. The van der Waals surface area contributed by atoms with Gasteiger partial charge in [0.25, 0.3) is 0 Å². The summed E-state index contributed by atoms with van der Waals surface area (Å²) >= 11 is 0. The SMILES string of the molecule is CCNc1ccc(N)c(C)c1C(C)O. The highest BCUT2D eigenvalue weighted by molar-refractivity contribution is 5.64. The number of nitrogens with two attached hydrogens (primary N) is 1. The molecule has 78 valence electrons. The summed E-state index contributed by atoms with van der Waals surface area (Å²) in [5.74, 6) is 0. The first-order valence-corrected chi connectivity index (χ1v) is 4.88. The number of nitrogen functional groups attached to an aromatic ring is 1. The van der Waals surface area contributed by atoms with Gasteiger partial charge in [-0.2, -0.15) is 0 Å². The number of rotatable bonds is 3. The molecule has 0 aromatic heterocycles. The molecule has 0 aliphatic carbocycles. The second-order valence-corrected chi connectivity index (χ2v) is 3.45. The van der Waals surface area contributed by atoms with Gasteiger partial charge in [0, 0.05) is 23.5 Å². The van der Waals surface area contributed by atoms with Crippen molar-refractivity contribution in [2.75, 3.05) is 17.6 Å². The van der Waals surface area contributed by atoms with Gasteiger partial charge in [-0.3, -0.25) is 0 Å². The van der Waals surface area contributed by atoms with Gasteiger partial charge >= 0.3 is 0 Å². The Bertz CT molecular complexity index is 321. The van der Waals surface area contributed by atoms with Crippen molar-refractivity contribution in [3.05, 3.63) is 23.3 Å². The molecule has 4 N–H and O–H groups in total. The standard InChI is InChI=1S/C11H18N2O/c1-4-13-10-6-5-9(12)7(2)11(10)8(3)14/h5-6,8,13-14H,4,12H2,1-3H3. The molecule has 1 aromatic carbocycles. The first kappa shape index (κ1) is 10.9. The molecule has 3 heteroatoms. The molecular weight excluding hydrogens is 176 g/mol. The van der Waals surface area contributed by atoms with Crippen LogP contribution < -0.4 is 11.1 Å². The van der Waals surface area contributed by atoms with Crippen molar-refractivity contribution in [2.45, 2.75) is 26.9 Å². The summed E-state index contributed by atoms with van der Waals surface area (Å²) in [4.78, 5) is 0. The number of nitrogens with one attached hydrogen (secondary N) is 1. The largest absolute Gasteiger partial charge is 0.399 e. The average Bonchev–Trinajstić information content (AvgIpc) is 2.11. The molecule has 0 radical (unpaired) electrons. The summed E-state index contributed by atoms with van der Waals surface area (Å²) in [6, 6.07) is 3.77. The van der Waals surface area contributed by atoms with Gasteiger partial charge in [0.15, 0.2) is 0 Å². The minimum absolute atomic E-state index is 0.493. The van der Waals surface area contributed by atoms with E-state index in [0.717, 1.165) is 29.0 Å². The topological polar surface area (TPSA) is 58.3 Å². The molecular formula is C11H18N2O. The van der Waals surface area contributed by atoms with Gasteiger partial charge in [0.05, 0.1) is 6.10 Å². The lowest BCUT2D eigenvalue weighted by Crippen LogP contribution is -2.07. The van der Waals surface area contributed by atoms with Crippen molar-refractivity contribution in [3.63, 3.8) is 0 Å². The Morgan fingerprint density at radius 3 is 2.64 bits per heavy atom. The van der Waals surface area contributed by atoms with E-state index in [-0.39, 0.29) is 0 Å². The molecule has 0 saturated heterocycles. The third-order valence-electron chi connectivity index (χ3n) is 2.34. The summed E-state index contributed by atoms with van der Waals surface area (Å²) < 4.78 is 0. The first-order valence-electron chi connectivity index (χ1n) is 4.88. The summed E-state index contributed by atoms with van der Waals surface area (Å²) in [6.07, 6.45) is -0.493. The van der Waals surface area contributed by atoms with E-state index in [2.05, 4.69) is 5.32 Å². The Balaban J connectivity index is 3.23. The van der Waals surface area contributed by atoms with Crippen molar-refractivity contribution < 1.29 is 5.11 Å². The third-order valence-corrected chi connectivity index (χ3v) is 2.34. The number of hydrogen-bond donors (Lipinski definition) is 3. The number of anilines is 2. The predicted octanol–water partition coefficient (Wildman–Crippen LogP) is 2.06. The Morgan fingerprint density at radius 1 is 1.50 bits per heavy atom. The molecule has 0 amide bonds. The first-order chi connectivity index (χ1) is 6.57. The fraction of sp³-hybridized carbons (Fsp3) is 0.455. The van der Waals surface area contributed by atoms with Gasteiger partial charge in [-0.15, -0.1) is 0 Å². The third kappa shape index (κ3) is 1.99. The summed E-state index contributed by atoms with van der Waals surface area (Å²) in [5.41, 5.74) is 9.33. The van der Waals surface area contributed by atoms with E-state index in [1.54, 1.807) is 6.92 Å². The molecule has 0 aliphatic rings. The smallest absolute Gasteiger partial charge is 0.0785 e. The van der Waals surface area contributed by atoms with Crippen LogP contribution in [0, 0.1) is 6.92 Å². The van der Waals surface area contributed by atoms with Crippen molar-refractivity contribution in [2.24, 2.45) is 0 Å². The van der Waals surface area contributed by atoms with Crippen molar-refractivity contribution >= 4 is 11.4 Å². The maximum Gasteiger partial charge on any atom is 0.0785 e. The number of aliphatic hydroxyl groups excluding tert-OH is 1. The van der Waals surface area contributed by atoms with Crippen LogP contribution in [0.1, 0.15) is 31.1 Å². The van der Waals surface area contributed by atoms with Crippen LogP contribution in [-0.4, -0.2) is 11.7 Å². The van der Waals surface area contributed by atoms with Crippen LogP contribution in [0.4, 0.5) is 11.4 Å². The van der Waals surface area contributed by atoms with E-state index in [4.69, 9.17) is 5.73 Å². The van der Waals surface area contributed by atoms with Crippen LogP contribution in [0.5, 0.6) is 0 Å². The van der Waals surface area contributed by atoms with Gasteiger partial charge in [-0.25, -0.2) is 0 Å². The highest BCUT2D eigenvalue weighted by Gasteiger charge is 2.12. The van der Waals surface area contributed by atoms with Crippen molar-refractivity contribution in [1.82, 2.24) is 0 Å². The van der Waals surface area contributed by atoms with Crippen LogP contribution >= 0.6 is 0 Å². The molecule has 0 bridgehead atoms. The predicted molar refractivity (Wildman–Crippen MR) is 60.4 cm³/mol. The number of benzene rings is 1. The van der Waals surface area contributed by atoms with Crippen LogP contribution in [0.3, 0.4) is 0 Å². The van der Waals surface area contributed by atoms with Crippen LogP contribution in [-0.2, 0) is 0 Å². The summed E-state index contributed by atoms with van der Waals surface area (Å²) in [6.45, 7) is 6.54. The Hall–Kier alpha value is -1.22. The Morgan fingerprint density at radius 2 is 2.14 bits per heavy atom. The molecule has 0 fully saturated rings. The molecule has 0 heterocycles. The average molecular weight is 194 g/mol. The molecule has 1 rings (SSSR count). The molecule has 1 unspecified atom stereocenters. The van der Waals surface area contributed by atoms with Crippen LogP contribution in [0.25, 0.3) is 0 Å². The van der Waals surface area contributed by atoms with Gasteiger partial charge in [-0.05, 0) is 38.5 Å². The lowest BCUT2D eigenvalue weighted by molar-refractivity contribution is 0.199. The van der Waals surface area contributed by atoms with Crippen molar-refractivity contribution in [1.29, 1.82) is 0 Å². The zero-order chi connectivity index (χ0) is 10.7. The minimum Gasteiger partial charge on any atom is -0.399 e. The fourth-order valence-corrected chi connectivity index (χ4v) is 1.63. The highest BCUT2D eigenvalue weighted by atomic mass is 16.3. The summed E-state index contributed by atoms with van der Waals surface area (Å²) in [7, 11) is 0. The molecule has 3 nitrogen and oxygen atoms in total. The quantitative estimate of drug-likeness (QED) is 0.645. The molecule has 14 heavy (non-hydrogen) atoms. The second-order valence-electron chi connectivity index (χ2n) is 3.45. The van der Waals surface area contributed by atoms with E-state index in [9.17, 15) is 5.11 Å². The van der Waals surface area contributed by atoms with Crippen LogP contribution in [0.15, 0.2) is 12.1 Å². The van der Waals surface area contributed by atoms with E-state index in [1.807, 2.05) is 26.0 Å².